The molecule has 19 heavy (non-hydrogen) atoms. The summed E-state index contributed by atoms with van der Waals surface area (Å²) in [5, 5.41) is 0.988. The first-order chi connectivity index (χ1) is 9.15. The fraction of sp³-hybridized carbons (Fsp3) is 0.438. The third-order valence-electron chi connectivity index (χ3n) is 3.16. The van der Waals surface area contributed by atoms with E-state index in [0.717, 1.165) is 42.5 Å². The summed E-state index contributed by atoms with van der Waals surface area (Å²) in [5.41, 5.74) is 1.93. The maximum absolute atomic E-state index is 12.4. The van der Waals surface area contributed by atoms with Crippen LogP contribution in [0.5, 0.6) is 0 Å². The van der Waals surface area contributed by atoms with E-state index in [-0.39, 0.29) is 5.91 Å². The maximum atomic E-state index is 12.4. The topological polar surface area (TPSA) is 33.5 Å². The van der Waals surface area contributed by atoms with Crippen molar-refractivity contribution in [1.82, 2.24) is 4.90 Å². The summed E-state index contributed by atoms with van der Waals surface area (Å²) in [7, 11) is 0. The van der Waals surface area contributed by atoms with Crippen LogP contribution >= 0.6 is 0 Å². The molecule has 2 aromatic rings. The molecule has 0 saturated carbocycles. The van der Waals surface area contributed by atoms with Crippen molar-refractivity contribution in [2.24, 2.45) is 0 Å². The average molecular weight is 259 g/mol. The molecular weight excluding hydrogens is 238 g/mol. The predicted molar refractivity (Wildman–Crippen MR) is 77.4 cm³/mol. The zero-order valence-electron chi connectivity index (χ0n) is 11.9. The largest absolute Gasteiger partial charge is 0.451 e. The molecule has 0 aliphatic rings. The second-order valence-corrected chi connectivity index (χ2v) is 4.94. The van der Waals surface area contributed by atoms with E-state index in [2.05, 4.69) is 13.8 Å². The fourth-order valence-corrected chi connectivity index (χ4v) is 2.25. The summed E-state index contributed by atoms with van der Waals surface area (Å²) in [6, 6.07) is 7.84. The third kappa shape index (κ3) is 2.98. The van der Waals surface area contributed by atoms with Gasteiger partial charge in [0.05, 0.1) is 0 Å². The quantitative estimate of drug-likeness (QED) is 0.813. The van der Waals surface area contributed by atoms with Crippen LogP contribution in [0.25, 0.3) is 11.0 Å². The van der Waals surface area contributed by atoms with E-state index in [4.69, 9.17) is 4.42 Å². The summed E-state index contributed by atoms with van der Waals surface area (Å²) in [6.45, 7) is 7.74. The fourth-order valence-electron chi connectivity index (χ4n) is 2.25. The van der Waals surface area contributed by atoms with Gasteiger partial charge in [0.1, 0.15) is 5.58 Å². The molecule has 0 bridgehead atoms. The smallest absolute Gasteiger partial charge is 0.289 e. The van der Waals surface area contributed by atoms with Crippen LogP contribution in [0.1, 0.15) is 42.8 Å². The van der Waals surface area contributed by atoms with Gasteiger partial charge in [-0.3, -0.25) is 4.79 Å². The molecule has 2 rings (SSSR count). The van der Waals surface area contributed by atoms with E-state index in [1.54, 1.807) is 0 Å². The Bertz CT molecular complexity index is 565. The number of nitrogens with zero attached hydrogens (tertiary/aromatic N) is 1. The highest BCUT2D eigenvalue weighted by Crippen LogP contribution is 2.21. The zero-order chi connectivity index (χ0) is 13.8. The Balaban J connectivity index is 2.29. The minimum absolute atomic E-state index is 0.00227. The van der Waals surface area contributed by atoms with Gasteiger partial charge in [0.15, 0.2) is 5.76 Å². The van der Waals surface area contributed by atoms with Crippen molar-refractivity contribution < 1.29 is 9.21 Å². The van der Waals surface area contributed by atoms with Gasteiger partial charge in [-0.05, 0) is 37.5 Å². The molecule has 102 valence electrons. The van der Waals surface area contributed by atoms with Crippen molar-refractivity contribution in [1.29, 1.82) is 0 Å². The van der Waals surface area contributed by atoms with Crippen molar-refractivity contribution in [2.75, 3.05) is 13.1 Å². The van der Waals surface area contributed by atoms with Crippen molar-refractivity contribution in [3.8, 4) is 0 Å². The average Bonchev–Trinajstić information content (AvgIpc) is 2.80. The van der Waals surface area contributed by atoms with Gasteiger partial charge in [-0.2, -0.15) is 0 Å². The highest BCUT2D eigenvalue weighted by molar-refractivity contribution is 5.96. The molecule has 0 atom stereocenters. The van der Waals surface area contributed by atoms with Crippen LogP contribution in [0.2, 0.25) is 0 Å². The van der Waals surface area contributed by atoms with E-state index in [9.17, 15) is 4.79 Å². The lowest BCUT2D eigenvalue weighted by atomic mass is 10.2. The number of benzene rings is 1. The number of hydrogen-bond acceptors (Lipinski definition) is 2. The first-order valence-corrected chi connectivity index (χ1v) is 6.95. The lowest BCUT2D eigenvalue weighted by molar-refractivity contribution is 0.0726. The van der Waals surface area contributed by atoms with Crippen LogP contribution in [0.15, 0.2) is 28.7 Å². The van der Waals surface area contributed by atoms with Gasteiger partial charge in [0, 0.05) is 18.5 Å². The van der Waals surface area contributed by atoms with E-state index in [1.165, 1.54) is 0 Å². The number of rotatable bonds is 5. The number of furan rings is 1. The molecule has 0 aliphatic carbocycles. The van der Waals surface area contributed by atoms with E-state index in [1.807, 2.05) is 36.1 Å². The molecule has 1 aromatic heterocycles. The van der Waals surface area contributed by atoms with Crippen LogP contribution in [-0.4, -0.2) is 23.9 Å². The molecule has 3 heteroatoms. The first kappa shape index (κ1) is 13.7. The number of carbonyl (C=O) groups excluding carboxylic acids is 1. The van der Waals surface area contributed by atoms with E-state index in [0.29, 0.717) is 5.76 Å². The Hall–Kier alpha value is -1.77. The normalized spacial score (nSPS) is 10.9. The first-order valence-electron chi connectivity index (χ1n) is 6.95. The summed E-state index contributed by atoms with van der Waals surface area (Å²) in [4.78, 5) is 14.3. The minimum Gasteiger partial charge on any atom is -0.451 e. The van der Waals surface area contributed by atoms with Crippen LogP contribution < -0.4 is 0 Å². The highest BCUT2D eigenvalue weighted by Gasteiger charge is 2.18. The zero-order valence-corrected chi connectivity index (χ0v) is 11.9. The Morgan fingerprint density at radius 2 is 1.84 bits per heavy atom. The number of aryl methyl sites for hydroxylation is 1. The van der Waals surface area contributed by atoms with Crippen LogP contribution in [0, 0.1) is 6.92 Å². The van der Waals surface area contributed by atoms with Gasteiger partial charge in [0.25, 0.3) is 5.91 Å². The summed E-state index contributed by atoms with van der Waals surface area (Å²) in [6.07, 6.45) is 1.93. The molecule has 0 aliphatic heterocycles. The molecule has 0 unspecified atom stereocenters. The van der Waals surface area contributed by atoms with Crippen molar-refractivity contribution in [2.45, 2.75) is 33.6 Å². The molecule has 0 N–H and O–H groups in total. The number of hydrogen-bond donors (Lipinski definition) is 0. The van der Waals surface area contributed by atoms with Gasteiger partial charge in [0.2, 0.25) is 0 Å². The van der Waals surface area contributed by atoms with Gasteiger partial charge in [-0.25, -0.2) is 0 Å². The lowest BCUT2D eigenvalue weighted by Crippen LogP contribution is -2.32. The van der Waals surface area contributed by atoms with E-state index >= 15 is 0 Å². The summed E-state index contributed by atoms with van der Waals surface area (Å²) in [5.74, 6) is 0.444. The van der Waals surface area contributed by atoms with E-state index < -0.39 is 0 Å². The Labute approximate surface area is 114 Å². The molecular formula is C16H21NO2. The van der Waals surface area contributed by atoms with Gasteiger partial charge < -0.3 is 9.32 Å². The number of fused-ring (bicyclic) bond motifs is 1. The number of amides is 1. The van der Waals surface area contributed by atoms with Gasteiger partial charge in [-0.15, -0.1) is 0 Å². The lowest BCUT2D eigenvalue weighted by Gasteiger charge is -2.19. The molecule has 1 aromatic carbocycles. The van der Waals surface area contributed by atoms with Crippen molar-refractivity contribution in [3.05, 3.63) is 35.6 Å². The van der Waals surface area contributed by atoms with Gasteiger partial charge >= 0.3 is 0 Å². The molecule has 0 saturated heterocycles. The second-order valence-electron chi connectivity index (χ2n) is 4.94. The molecule has 0 spiro atoms. The van der Waals surface area contributed by atoms with Crippen LogP contribution in [0.3, 0.4) is 0 Å². The Morgan fingerprint density at radius 3 is 2.47 bits per heavy atom. The van der Waals surface area contributed by atoms with Crippen LogP contribution in [-0.2, 0) is 0 Å². The molecule has 0 radical (unpaired) electrons. The van der Waals surface area contributed by atoms with Crippen molar-refractivity contribution in [3.63, 3.8) is 0 Å². The standard InChI is InChI=1S/C16H21NO2/c1-4-8-17(9-5-2)16(18)15-11-13-7-6-12(3)10-14(13)19-15/h6-7,10-11H,4-5,8-9H2,1-3H3. The molecule has 1 heterocycles. The molecule has 0 fully saturated rings. The Morgan fingerprint density at radius 1 is 1.16 bits per heavy atom. The predicted octanol–water partition coefficient (Wildman–Crippen LogP) is 4.00. The second kappa shape index (κ2) is 5.91. The van der Waals surface area contributed by atoms with Gasteiger partial charge in [-0.1, -0.05) is 26.0 Å². The highest BCUT2D eigenvalue weighted by atomic mass is 16.3. The van der Waals surface area contributed by atoms with Crippen LogP contribution in [0.4, 0.5) is 0 Å². The third-order valence-corrected chi connectivity index (χ3v) is 3.16. The molecule has 3 nitrogen and oxygen atoms in total. The SMILES string of the molecule is CCCN(CCC)C(=O)c1cc2ccc(C)cc2o1. The summed E-state index contributed by atoms with van der Waals surface area (Å²) < 4.78 is 5.69. The van der Waals surface area contributed by atoms with Crippen molar-refractivity contribution >= 4 is 16.9 Å². The summed E-state index contributed by atoms with van der Waals surface area (Å²) >= 11 is 0. The minimum atomic E-state index is -0.00227. The maximum Gasteiger partial charge on any atom is 0.289 e. The molecule has 1 amide bonds. The number of carbonyl (C=O) groups is 1. The monoisotopic (exact) mass is 259 g/mol. The Kier molecular flexibility index (Phi) is 4.25.